The van der Waals surface area contributed by atoms with Gasteiger partial charge in [-0.05, 0) is 49.2 Å². The molecule has 0 saturated carbocycles. The van der Waals surface area contributed by atoms with Crippen LogP contribution in [-0.2, 0) is 11.3 Å². The molecule has 0 atom stereocenters. The molecule has 0 amide bonds. The molecule has 1 aromatic heterocycles. The molecular weight excluding hydrogens is 372 g/mol. The fraction of sp³-hybridized carbons (Fsp3) is 0.200. The van der Waals surface area contributed by atoms with E-state index in [2.05, 4.69) is 0 Å². The van der Waals surface area contributed by atoms with Crippen LogP contribution in [0.1, 0.15) is 27.0 Å². The Labute approximate surface area is 159 Å². The maximum Gasteiger partial charge on any atom is 0.338 e. The fourth-order valence-corrected chi connectivity index (χ4v) is 3.18. The number of carbonyl (C=O) groups excluding carboxylic acids is 1. The summed E-state index contributed by atoms with van der Waals surface area (Å²) in [6.45, 7) is 3.88. The normalized spacial score (nSPS) is 12.4. The van der Waals surface area contributed by atoms with Crippen molar-refractivity contribution in [3.63, 3.8) is 0 Å². The fourth-order valence-electron chi connectivity index (χ4n) is 2.91. The number of fused-ring (bicyclic) bond motifs is 2. The molecular formula is C20H15ClO6. The van der Waals surface area contributed by atoms with Crippen molar-refractivity contribution in [1.29, 1.82) is 0 Å². The van der Waals surface area contributed by atoms with Gasteiger partial charge in [-0.15, -0.1) is 0 Å². The van der Waals surface area contributed by atoms with Crippen LogP contribution in [0.2, 0.25) is 5.02 Å². The van der Waals surface area contributed by atoms with E-state index < -0.39 is 11.6 Å². The number of carbonyl (C=O) groups is 1. The highest BCUT2D eigenvalue weighted by molar-refractivity contribution is 6.32. The Morgan fingerprint density at radius 2 is 1.89 bits per heavy atom. The first-order chi connectivity index (χ1) is 12.9. The molecule has 0 spiro atoms. The predicted molar refractivity (Wildman–Crippen MR) is 98.7 cm³/mol. The molecule has 7 heteroatoms. The van der Waals surface area contributed by atoms with E-state index >= 15 is 0 Å². The van der Waals surface area contributed by atoms with Crippen LogP contribution in [0.15, 0.2) is 39.5 Å². The summed E-state index contributed by atoms with van der Waals surface area (Å²) in [5.74, 6) is 0.220. The molecule has 0 unspecified atom stereocenters. The predicted octanol–water partition coefficient (Wildman–Crippen LogP) is 4.15. The smallest absolute Gasteiger partial charge is 0.338 e. The number of aryl methyl sites for hydroxylation is 2. The van der Waals surface area contributed by atoms with Crippen LogP contribution < -0.4 is 15.1 Å². The van der Waals surface area contributed by atoms with Gasteiger partial charge in [-0.1, -0.05) is 11.6 Å². The summed E-state index contributed by atoms with van der Waals surface area (Å²) >= 11 is 6.10. The van der Waals surface area contributed by atoms with Crippen LogP contribution in [-0.4, -0.2) is 12.8 Å². The van der Waals surface area contributed by atoms with Crippen LogP contribution in [0.4, 0.5) is 0 Å². The van der Waals surface area contributed by atoms with Crippen molar-refractivity contribution in [3.05, 3.63) is 68.0 Å². The standard InChI is InChI=1S/C20H15ClO6/c1-10-3-14-13(7-18(22)27-16(14)4-11(10)2)8-24-20(23)12-5-15(21)19-17(6-12)25-9-26-19/h3-7H,8-9H2,1-2H3. The van der Waals surface area contributed by atoms with Crippen molar-refractivity contribution in [2.24, 2.45) is 0 Å². The number of rotatable bonds is 3. The van der Waals surface area contributed by atoms with E-state index in [0.29, 0.717) is 22.6 Å². The lowest BCUT2D eigenvalue weighted by atomic mass is 10.0. The van der Waals surface area contributed by atoms with E-state index in [1.807, 2.05) is 19.9 Å². The first-order valence-electron chi connectivity index (χ1n) is 8.22. The van der Waals surface area contributed by atoms with Gasteiger partial charge in [0.2, 0.25) is 6.79 Å². The Balaban J connectivity index is 1.62. The van der Waals surface area contributed by atoms with E-state index in [-0.39, 0.29) is 24.0 Å². The Morgan fingerprint density at radius 3 is 2.70 bits per heavy atom. The third kappa shape index (κ3) is 3.24. The molecule has 6 nitrogen and oxygen atoms in total. The van der Waals surface area contributed by atoms with Gasteiger partial charge in [0.25, 0.3) is 0 Å². The second kappa shape index (κ2) is 6.63. The Hall–Kier alpha value is -2.99. The van der Waals surface area contributed by atoms with Gasteiger partial charge in [-0.3, -0.25) is 0 Å². The highest BCUT2D eigenvalue weighted by atomic mass is 35.5. The molecule has 0 bridgehead atoms. The zero-order chi connectivity index (χ0) is 19.1. The zero-order valence-electron chi connectivity index (χ0n) is 14.6. The number of hydrogen-bond donors (Lipinski definition) is 0. The highest BCUT2D eigenvalue weighted by Gasteiger charge is 2.21. The van der Waals surface area contributed by atoms with Crippen molar-refractivity contribution in [1.82, 2.24) is 0 Å². The summed E-state index contributed by atoms with van der Waals surface area (Å²) in [5, 5.41) is 1.00. The second-order valence-electron chi connectivity index (χ2n) is 6.29. The van der Waals surface area contributed by atoms with Crippen LogP contribution in [0.5, 0.6) is 11.5 Å². The summed E-state index contributed by atoms with van der Waals surface area (Å²) in [7, 11) is 0. The second-order valence-corrected chi connectivity index (χ2v) is 6.70. The lowest BCUT2D eigenvalue weighted by Crippen LogP contribution is -2.08. The molecule has 0 radical (unpaired) electrons. The molecule has 4 rings (SSSR count). The maximum absolute atomic E-state index is 12.4. The molecule has 3 aromatic rings. The molecule has 0 N–H and O–H groups in total. The molecule has 1 aliphatic rings. The zero-order valence-corrected chi connectivity index (χ0v) is 15.4. The number of benzene rings is 2. The molecule has 0 fully saturated rings. The average molecular weight is 387 g/mol. The Kier molecular flexibility index (Phi) is 4.28. The van der Waals surface area contributed by atoms with E-state index in [0.717, 1.165) is 16.5 Å². The minimum Gasteiger partial charge on any atom is -0.457 e. The topological polar surface area (TPSA) is 75.0 Å². The van der Waals surface area contributed by atoms with Gasteiger partial charge in [0.1, 0.15) is 12.2 Å². The van der Waals surface area contributed by atoms with Crippen LogP contribution in [0.25, 0.3) is 11.0 Å². The van der Waals surface area contributed by atoms with Gasteiger partial charge in [0.05, 0.1) is 10.6 Å². The summed E-state index contributed by atoms with van der Waals surface area (Å²) in [5.41, 5.74) is 2.83. The van der Waals surface area contributed by atoms with Crippen molar-refractivity contribution < 1.29 is 23.4 Å². The van der Waals surface area contributed by atoms with Crippen molar-refractivity contribution in [2.45, 2.75) is 20.5 Å². The summed E-state index contributed by atoms with van der Waals surface area (Å²) in [6.07, 6.45) is 0. The average Bonchev–Trinajstić information content (AvgIpc) is 3.10. The Morgan fingerprint density at radius 1 is 1.11 bits per heavy atom. The molecule has 27 heavy (non-hydrogen) atoms. The van der Waals surface area contributed by atoms with E-state index in [4.69, 9.17) is 30.2 Å². The quantitative estimate of drug-likeness (QED) is 0.497. The molecule has 2 aromatic carbocycles. The maximum atomic E-state index is 12.4. The Bertz CT molecular complexity index is 1130. The number of halogens is 1. The van der Waals surface area contributed by atoms with E-state index in [1.54, 1.807) is 6.07 Å². The summed E-state index contributed by atoms with van der Waals surface area (Å²) in [4.78, 5) is 24.3. The van der Waals surface area contributed by atoms with Crippen molar-refractivity contribution in [2.75, 3.05) is 6.79 Å². The molecule has 1 aliphatic heterocycles. The lowest BCUT2D eigenvalue weighted by molar-refractivity contribution is 0.0473. The first kappa shape index (κ1) is 17.4. The van der Waals surface area contributed by atoms with E-state index in [1.165, 1.54) is 18.2 Å². The van der Waals surface area contributed by atoms with Crippen LogP contribution >= 0.6 is 11.6 Å². The minimum atomic E-state index is -0.583. The van der Waals surface area contributed by atoms with Gasteiger partial charge in [-0.2, -0.15) is 0 Å². The van der Waals surface area contributed by atoms with Gasteiger partial charge >= 0.3 is 11.6 Å². The van der Waals surface area contributed by atoms with Crippen molar-refractivity contribution in [3.8, 4) is 11.5 Å². The van der Waals surface area contributed by atoms with Crippen LogP contribution in [0.3, 0.4) is 0 Å². The molecule has 0 saturated heterocycles. The van der Waals surface area contributed by atoms with Gasteiger partial charge in [-0.25, -0.2) is 9.59 Å². The third-order valence-corrected chi connectivity index (χ3v) is 4.75. The van der Waals surface area contributed by atoms with Crippen LogP contribution in [0, 0.1) is 13.8 Å². The minimum absolute atomic E-state index is 0.0537. The lowest BCUT2D eigenvalue weighted by Gasteiger charge is -2.10. The molecule has 138 valence electrons. The van der Waals surface area contributed by atoms with Gasteiger partial charge in [0, 0.05) is 17.0 Å². The summed E-state index contributed by atoms with van der Waals surface area (Å²) in [6, 6.07) is 8.02. The SMILES string of the molecule is Cc1cc2oc(=O)cc(COC(=O)c3cc(Cl)c4c(c3)OCO4)c2cc1C. The monoisotopic (exact) mass is 386 g/mol. The number of ether oxygens (including phenoxy) is 3. The van der Waals surface area contributed by atoms with Gasteiger partial charge < -0.3 is 18.6 Å². The molecule has 0 aliphatic carbocycles. The summed E-state index contributed by atoms with van der Waals surface area (Å²) < 4.78 is 21.1. The first-order valence-corrected chi connectivity index (χ1v) is 8.60. The number of hydrogen-bond acceptors (Lipinski definition) is 6. The highest BCUT2D eigenvalue weighted by Crippen LogP contribution is 2.40. The molecule has 2 heterocycles. The van der Waals surface area contributed by atoms with Crippen molar-refractivity contribution >= 4 is 28.5 Å². The third-order valence-electron chi connectivity index (χ3n) is 4.47. The van der Waals surface area contributed by atoms with E-state index in [9.17, 15) is 9.59 Å². The largest absolute Gasteiger partial charge is 0.457 e. The number of esters is 1. The van der Waals surface area contributed by atoms with Gasteiger partial charge in [0.15, 0.2) is 11.5 Å².